The van der Waals surface area contributed by atoms with Gasteiger partial charge in [0.25, 0.3) is 0 Å². The van der Waals surface area contributed by atoms with E-state index in [1.807, 2.05) is 23.1 Å². The largest absolute Gasteiger partial charge is 0.373 e. The molecule has 0 N–H and O–H groups in total. The molecule has 1 aliphatic rings. The number of aromatic nitrogens is 5. The Bertz CT molecular complexity index is 859. The van der Waals surface area contributed by atoms with Crippen molar-refractivity contribution in [2.24, 2.45) is 0 Å². The maximum Gasteiger partial charge on any atom is 0.140 e. The molecule has 0 spiro atoms. The Hall–Kier alpha value is -2.25. The molecule has 25 heavy (non-hydrogen) atoms. The number of rotatable bonds is 4. The number of morpholine rings is 1. The highest BCUT2D eigenvalue weighted by Gasteiger charge is 2.22. The predicted octanol–water partition coefficient (Wildman–Crippen LogP) is 1.89. The van der Waals surface area contributed by atoms with Gasteiger partial charge in [-0.05, 0) is 32.4 Å². The van der Waals surface area contributed by atoms with Gasteiger partial charge in [0.05, 0.1) is 36.3 Å². The summed E-state index contributed by atoms with van der Waals surface area (Å²) in [5.74, 6) is 0. The van der Waals surface area contributed by atoms with Crippen LogP contribution in [0.15, 0.2) is 30.7 Å². The first-order valence-electron chi connectivity index (χ1n) is 8.77. The van der Waals surface area contributed by atoms with Crippen molar-refractivity contribution < 1.29 is 4.74 Å². The van der Waals surface area contributed by atoms with Crippen LogP contribution in [0.2, 0.25) is 0 Å². The highest BCUT2D eigenvalue weighted by atomic mass is 16.5. The van der Waals surface area contributed by atoms with E-state index in [0.717, 1.165) is 36.7 Å². The minimum Gasteiger partial charge on any atom is -0.373 e. The fourth-order valence-electron chi connectivity index (χ4n) is 3.58. The Morgan fingerprint density at radius 3 is 2.68 bits per heavy atom. The second kappa shape index (κ2) is 6.57. The maximum atomic E-state index is 5.78. The standard InChI is InChI=1S/C18H24N6O/c1-13-5-4-6-23-10-16(19-18(13)23)11-24-12-17(20-21-24)9-22-7-14(2)25-15(3)8-22/h4-6,10,12,14-15H,7-9,11H2,1-3H3/t14-,15+. The lowest BCUT2D eigenvalue weighted by Crippen LogP contribution is -2.44. The van der Waals surface area contributed by atoms with E-state index in [-0.39, 0.29) is 12.2 Å². The summed E-state index contributed by atoms with van der Waals surface area (Å²) >= 11 is 0. The average molecular weight is 340 g/mol. The van der Waals surface area contributed by atoms with E-state index in [4.69, 9.17) is 9.72 Å². The van der Waals surface area contributed by atoms with Crippen molar-refractivity contribution in [1.29, 1.82) is 0 Å². The van der Waals surface area contributed by atoms with E-state index in [0.29, 0.717) is 6.54 Å². The van der Waals surface area contributed by atoms with Crippen LogP contribution in [-0.4, -0.2) is 54.6 Å². The molecular weight excluding hydrogens is 316 g/mol. The van der Waals surface area contributed by atoms with Crippen LogP contribution >= 0.6 is 0 Å². The number of hydrogen-bond donors (Lipinski definition) is 0. The minimum absolute atomic E-state index is 0.264. The zero-order valence-electron chi connectivity index (χ0n) is 15.0. The summed E-state index contributed by atoms with van der Waals surface area (Å²) in [5.41, 5.74) is 4.14. The number of pyridine rings is 1. The summed E-state index contributed by atoms with van der Waals surface area (Å²) in [4.78, 5) is 7.08. The molecule has 7 nitrogen and oxygen atoms in total. The third-order valence-corrected chi connectivity index (χ3v) is 4.52. The quantitative estimate of drug-likeness (QED) is 0.726. The topological polar surface area (TPSA) is 60.5 Å². The third kappa shape index (κ3) is 3.57. The third-order valence-electron chi connectivity index (χ3n) is 4.52. The molecule has 0 unspecified atom stereocenters. The van der Waals surface area contributed by atoms with Gasteiger partial charge in [0.1, 0.15) is 5.65 Å². The first-order valence-corrected chi connectivity index (χ1v) is 8.77. The molecule has 0 aromatic carbocycles. The number of imidazole rings is 1. The first-order chi connectivity index (χ1) is 12.1. The monoisotopic (exact) mass is 340 g/mol. The zero-order valence-corrected chi connectivity index (χ0v) is 15.0. The second-order valence-corrected chi connectivity index (χ2v) is 7.01. The summed E-state index contributed by atoms with van der Waals surface area (Å²) in [5, 5.41) is 8.59. The van der Waals surface area contributed by atoms with Crippen molar-refractivity contribution >= 4 is 5.65 Å². The van der Waals surface area contributed by atoms with E-state index in [1.54, 1.807) is 0 Å². The van der Waals surface area contributed by atoms with E-state index in [9.17, 15) is 0 Å². The Morgan fingerprint density at radius 2 is 1.92 bits per heavy atom. The number of ether oxygens (including phenoxy) is 1. The molecule has 3 aromatic rings. The zero-order chi connectivity index (χ0) is 17.4. The van der Waals surface area contributed by atoms with Gasteiger partial charge in [0.2, 0.25) is 0 Å². The van der Waals surface area contributed by atoms with Gasteiger partial charge in [-0.2, -0.15) is 0 Å². The Balaban J connectivity index is 1.44. The van der Waals surface area contributed by atoms with Crippen molar-refractivity contribution in [3.8, 4) is 0 Å². The molecule has 3 aromatic heterocycles. The lowest BCUT2D eigenvalue weighted by molar-refractivity contribution is -0.0707. The minimum atomic E-state index is 0.264. The van der Waals surface area contributed by atoms with Crippen LogP contribution in [0.4, 0.5) is 0 Å². The van der Waals surface area contributed by atoms with Crippen LogP contribution in [0.1, 0.15) is 30.8 Å². The van der Waals surface area contributed by atoms with Gasteiger partial charge in [-0.1, -0.05) is 11.3 Å². The number of nitrogens with zero attached hydrogens (tertiary/aromatic N) is 6. The van der Waals surface area contributed by atoms with Gasteiger partial charge >= 0.3 is 0 Å². The summed E-state index contributed by atoms with van der Waals surface area (Å²) in [6.07, 6.45) is 6.61. The Kier molecular flexibility index (Phi) is 4.27. The summed E-state index contributed by atoms with van der Waals surface area (Å²) < 4.78 is 9.70. The first kappa shape index (κ1) is 16.2. The van der Waals surface area contributed by atoms with Crippen molar-refractivity contribution in [2.75, 3.05) is 13.1 Å². The molecule has 4 heterocycles. The summed E-state index contributed by atoms with van der Waals surface area (Å²) in [6, 6.07) is 4.11. The van der Waals surface area contributed by atoms with Crippen LogP contribution in [-0.2, 0) is 17.8 Å². The lowest BCUT2D eigenvalue weighted by atomic mass is 10.2. The normalized spacial score (nSPS) is 21.9. The molecule has 0 bridgehead atoms. The highest BCUT2D eigenvalue weighted by Crippen LogP contribution is 2.14. The lowest BCUT2D eigenvalue weighted by Gasteiger charge is -2.34. The number of fused-ring (bicyclic) bond motifs is 1. The van der Waals surface area contributed by atoms with Gasteiger partial charge in [0, 0.05) is 32.0 Å². The molecule has 1 aliphatic heterocycles. The molecule has 1 saturated heterocycles. The molecule has 2 atom stereocenters. The molecule has 7 heteroatoms. The Morgan fingerprint density at radius 1 is 1.12 bits per heavy atom. The summed E-state index contributed by atoms with van der Waals surface area (Å²) in [6.45, 7) is 9.61. The van der Waals surface area contributed by atoms with Crippen LogP contribution in [0, 0.1) is 6.92 Å². The smallest absolute Gasteiger partial charge is 0.140 e. The number of aryl methyl sites for hydroxylation is 1. The van der Waals surface area contributed by atoms with E-state index >= 15 is 0 Å². The van der Waals surface area contributed by atoms with Crippen LogP contribution < -0.4 is 0 Å². The van der Waals surface area contributed by atoms with Crippen LogP contribution in [0.3, 0.4) is 0 Å². The predicted molar refractivity (Wildman–Crippen MR) is 94.3 cm³/mol. The second-order valence-electron chi connectivity index (χ2n) is 7.01. The average Bonchev–Trinajstić information content (AvgIpc) is 3.14. The fourth-order valence-corrected chi connectivity index (χ4v) is 3.58. The van der Waals surface area contributed by atoms with E-state index < -0.39 is 0 Å². The summed E-state index contributed by atoms with van der Waals surface area (Å²) in [7, 11) is 0. The van der Waals surface area contributed by atoms with Gasteiger partial charge < -0.3 is 9.14 Å². The van der Waals surface area contributed by atoms with Crippen molar-refractivity contribution in [2.45, 2.75) is 46.1 Å². The SMILES string of the molecule is Cc1cccn2cc(Cn3cc(CN4C[C@@H](C)O[C@@H](C)C4)nn3)nc12. The van der Waals surface area contributed by atoms with Gasteiger partial charge in [-0.25, -0.2) is 9.67 Å². The fraction of sp³-hybridized carbons (Fsp3) is 0.500. The molecule has 1 fully saturated rings. The highest BCUT2D eigenvalue weighted by molar-refractivity contribution is 5.47. The van der Waals surface area contributed by atoms with Gasteiger partial charge in [0.15, 0.2) is 0 Å². The Labute approximate surface area is 147 Å². The van der Waals surface area contributed by atoms with Crippen molar-refractivity contribution in [3.05, 3.63) is 47.7 Å². The van der Waals surface area contributed by atoms with Gasteiger partial charge in [-0.3, -0.25) is 4.90 Å². The van der Waals surface area contributed by atoms with Gasteiger partial charge in [-0.15, -0.1) is 5.10 Å². The molecule has 4 rings (SSSR count). The number of hydrogen-bond acceptors (Lipinski definition) is 5. The molecule has 0 aliphatic carbocycles. The van der Waals surface area contributed by atoms with Crippen LogP contribution in [0.5, 0.6) is 0 Å². The molecule has 0 amide bonds. The maximum absolute atomic E-state index is 5.78. The molecule has 0 saturated carbocycles. The van der Waals surface area contributed by atoms with Crippen molar-refractivity contribution in [3.63, 3.8) is 0 Å². The van der Waals surface area contributed by atoms with Crippen molar-refractivity contribution in [1.82, 2.24) is 29.3 Å². The van der Waals surface area contributed by atoms with Crippen LogP contribution in [0.25, 0.3) is 5.65 Å². The van der Waals surface area contributed by atoms with E-state index in [2.05, 4.69) is 52.6 Å². The van der Waals surface area contributed by atoms with E-state index in [1.165, 1.54) is 5.56 Å². The molecular formula is C18H24N6O. The molecule has 0 radical (unpaired) electrons. The molecule has 132 valence electrons.